The molecule has 1 heterocycles. The lowest BCUT2D eigenvalue weighted by Gasteiger charge is -2.33. The van der Waals surface area contributed by atoms with E-state index in [0.717, 1.165) is 0 Å². The van der Waals surface area contributed by atoms with Gasteiger partial charge in [0.2, 0.25) is 0 Å². The van der Waals surface area contributed by atoms with Crippen LogP contribution in [0.4, 0.5) is 0 Å². The second-order valence-electron chi connectivity index (χ2n) is 18.3. The Bertz CT molecular complexity index is 1350. The molecule has 0 N–H and O–H groups in total. The first kappa shape index (κ1) is 48.7. The van der Waals surface area contributed by atoms with Gasteiger partial charge in [0.25, 0.3) is 14.6 Å². The molecule has 0 saturated heterocycles. The first-order valence-corrected chi connectivity index (χ1v) is 18.0. The molecule has 0 spiro atoms. The van der Waals surface area contributed by atoms with E-state index in [9.17, 15) is 28.8 Å². The van der Waals surface area contributed by atoms with Crippen LogP contribution in [0.5, 0.6) is 0 Å². The highest BCUT2D eigenvalue weighted by atomic mass is 35.5. The molecule has 0 atom stereocenters. The number of ether oxygens (including phenoxy) is 6. The Morgan fingerprint density at radius 2 is 0.426 bits per heavy atom. The topological polar surface area (TPSA) is 196 Å². The highest BCUT2D eigenvalue weighted by Gasteiger charge is 2.61. The van der Waals surface area contributed by atoms with Crippen molar-refractivity contribution < 1.29 is 57.2 Å². The normalized spacial score (nSPS) is 13.7. The highest BCUT2D eigenvalue weighted by Crippen LogP contribution is 2.41. The van der Waals surface area contributed by atoms with Crippen LogP contribution in [-0.2, 0) is 71.8 Å². The van der Waals surface area contributed by atoms with Crippen molar-refractivity contribution in [2.45, 2.75) is 173 Å². The zero-order chi connectivity index (χ0) is 43.1. The van der Waals surface area contributed by atoms with Gasteiger partial charge in [-0.05, 0) is 125 Å². The van der Waals surface area contributed by atoms with E-state index in [0.29, 0.717) is 0 Å². The molecular formula is C36H54Cl3N3O12. The molecule has 0 aromatic carbocycles. The monoisotopic (exact) mass is 825 g/mol. The minimum Gasteiger partial charge on any atom is -0.458 e. The van der Waals surface area contributed by atoms with E-state index in [-0.39, 0.29) is 0 Å². The molecule has 1 rings (SSSR count). The standard InChI is InChI=1S/C36H54Cl3N3O12/c1-28(2,3)49-22(43)34(37,23(44)50-29(4,5)6)19-40-20(35(38,24(45)51-30(7,8)9)25(46)52-31(10,11)12)42-21(41-19)36(39,26(47)53-32(13,14)15)27(48)54-33(16,17)18/h1-18H3. The van der Waals surface area contributed by atoms with Gasteiger partial charge in [-0.25, -0.2) is 43.7 Å². The van der Waals surface area contributed by atoms with Crippen LogP contribution in [0.15, 0.2) is 0 Å². The second-order valence-corrected chi connectivity index (χ2v) is 20.0. The van der Waals surface area contributed by atoms with E-state index in [1.807, 2.05) is 0 Å². The Kier molecular flexibility index (Phi) is 14.1. The molecule has 15 nitrogen and oxygen atoms in total. The number of hydrogen-bond donors (Lipinski definition) is 0. The van der Waals surface area contributed by atoms with Crippen molar-refractivity contribution in [3.63, 3.8) is 0 Å². The molecule has 54 heavy (non-hydrogen) atoms. The van der Waals surface area contributed by atoms with Gasteiger partial charge in [0.05, 0.1) is 0 Å². The zero-order valence-electron chi connectivity index (χ0n) is 34.4. The van der Waals surface area contributed by atoms with E-state index in [1.165, 1.54) is 125 Å². The maximum atomic E-state index is 14.0. The van der Waals surface area contributed by atoms with Crippen LogP contribution in [0.2, 0.25) is 0 Å². The summed E-state index contributed by atoms with van der Waals surface area (Å²) in [6, 6.07) is 0. The number of esters is 6. The zero-order valence-corrected chi connectivity index (χ0v) is 36.6. The number of alkyl halides is 3. The van der Waals surface area contributed by atoms with E-state index >= 15 is 0 Å². The van der Waals surface area contributed by atoms with Gasteiger partial charge in [0.15, 0.2) is 17.5 Å². The number of carbonyl (C=O) groups is 6. The van der Waals surface area contributed by atoms with Crippen LogP contribution in [-0.4, -0.2) is 84.4 Å². The molecule has 0 fully saturated rings. The van der Waals surface area contributed by atoms with Gasteiger partial charge in [-0.2, -0.15) is 0 Å². The molecular weight excluding hydrogens is 773 g/mol. The summed E-state index contributed by atoms with van der Waals surface area (Å²) >= 11 is 20.7. The van der Waals surface area contributed by atoms with Gasteiger partial charge in [0, 0.05) is 0 Å². The van der Waals surface area contributed by atoms with E-state index in [2.05, 4.69) is 15.0 Å². The lowest BCUT2D eigenvalue weighted by atomic mass is 10.0. The third kappa shape index (κ3) is 12.9. The summed E-state index contributed by atoms with van der Waals surface area (Å²) in [7, 11) is 0. The maximum Gasteiger partial charge on any atom is 0.347 e. The predicted molar refractivity (Wildman–Crippen MR) is 197 cm³/mol. The van der Waals surface area contributed by atoms with Crippen LogP contribution in [0.25, 0.3) is 0 Å². The minimum atomic E-state index is -3.22. The third-order valence-electron chi connectivity index (χ3n) is 5.64. The van der Waals surface area contributed by atoms with Gasteiger partial charge in [0.1, 0.15) is 33.6 Å². The van der Waals surface area contributed by atoms with Crippen molar-refractivity contribution in [3.8, 4) is 0 Å². The number of aromatic nitrogens is 3. The average molecular weight is 827 g/mol. The van der Waals surface area contributed by atoms with Gasteiger partial charge < -0.3 is 28.4 Å². The van der Waals surface area contributed by atoms with Crippen LogP contribution in [0.1, 0.15) is 142 Å². The van der Waals surface area contributed by atoms with Gasteiger partial charge in [-0.15, -0.1) is 0 Å². The molecule has 0 aliphatic heterocycles. The summed E-state index contributed by atoms with van der Waals surface area (Å²) in [4.78, 5) is 86.9. The fourth-order valence-corrected chi connectivity index (χ4v) is 4.21. The summed E-state index contributed by atoms with van der Waals surface area (Å²) in [6.07, 6.45) is 0. The summed E-state index contributed by atoms with van der Waals surface area (Å²) in [5, 5.41) is 0. The number of halogens is 3. The van der Waals surface area contributed by atoms with Crippen molar-refractivity contribution in [2.24, 2.45) is 0 Å². The number of rotatable bonds is 9. The number of nitrogens with zero attached hydrogens (tertiary/aromatic N) is 3. The van der Waals surface area contributed by atoms with E-state index in [1.54, 1.807) is 0 Å². The summed E-state index contributed by atoms with van der Waals surface area (Å²) < 4.78 is 33.0. The molecule has 1 aromatic rings. The summed E-state index contributed by atoms with van der Waals surface area (Å²) in [5.74, 6) is -12.5. The molecule has 0 aliphatic rings. The largest absolute Gasteiger partial charge is 0.458 e. The fourth-order valence-electron chi connectivity index (χ4n) is 3.73. The van der Waals surface area contributed by atoms with Gasteiger partial charge >= 0.3 is 35.8 Å². The number of carbonyl (C=O) groups excluding carboxylic acids is 6. The minimum absolute atomic E-state index is 1.14. The lowest BCUT2D eigenvalue weighted by Crippen LogP contribution is -2.52. The molecule has 1 aromatic heterocycles. The van der Waals surface area contributed by atoms with E-state index < -0.39 is 102 Å². The first-order valence-electron chi connectivity index (χ1n) is 16.8. The quantitative estimate of drug-likeness (QED) is 0.118. The van der Waals surface area contributed by atoms with Gasteiger partial charge in [-0.3, -0.25) is 0 Å². The Labute approximate surface area is 332 Å². The van der Waals surface area contributed by atoms with Crippen LogP contribution in [0, 0.1) is 0 Å². The first-order chi connectivity index (χ1) is 23.6. The second kappa shape index (κ2) is 15.7. The SMILES string of the molecule is CC(C)(C)OC(=O)C(Cl)(C(=O)OC(C)(C)C)c1nc(C(Cl)(C(=O)OC(C)(C)C)C(=O)OC(C)(C)C)nc(C(Cl)(C(=O)OC(C)(C)C)C(=O)OC(C)(C)C)n1. The molecule has 306 valence electrons. The maximum absolute atomic E-state index is 14.0. The summed E-state index contributed by atoms with van der Waals surface area (Å²) in [6.45, 7) is 26.3. The third-order valence-corrected chi connectivity index (χ3v) is 7.07. The molecule has 0 saturated carbocycles. The van der Waals surface area contributed by atoms with Gasteiger partial charge in [-0.1, -0.05) is 34.8 Å². The van der Waals surface area contributed by atoms with Crippen molar-refractivity contribution >= 4 is 70.6 Å². The van der Waals surface area contributed by atoms with Crippen LogP contribution >= 0.6 is 34.8 Å². The fraction of sp³-hybridized carbons (Fsp3) is 0.750. The Morgan fingerprint density at radius 1 is 0.315 bits per heavy atom. The smallest absolute Gasteiger partial charge is 0.347 e. The lowest BCUT2D eigenvalue weighted by molar-refractivity contribution is -0.174. The molecule has 0 unspecified atom stereocenters. The van der Waals surface area contributed by atoms with Crippen molar-refractivity contribution in [1.29, 1.82) is 0 Å². The summed E-state index contributed by atoms with van der Waals surface area (Å²) in [5.41, 5.74) is -7.81. The average Bonchev–Trinajstić information content (AvgIpc) is 2.89. The predicted octanol–water partition coefficient (Wildman–Crippen LogP) is 6.22. The van der Waals surface area contributed by atoms with E-state index in [4.69, 9.17) is 63.2 Å². The molecule has 0 amide bonds. The molecule has 0 aliphatic carbocycles. The van der Waals surface area contributed by atoms with Crippen LogP contribution < -0.4 is 0 Å². The molecule has 18 heteroatoms. The number of hydrogen-bond acceptors (Lipinski definition) is 15. The van der Waals surface area contributed by atoms with Crippen LogP contribution in [0.3, 0.4) is 0 Å². The Balaban J connectivity index is 4.82. The molecule has 0 bridgehead atoms. The molecule has 0 radical (unpaired) electrons. The Morgan fingerprint density at radius 3 is 0.519 bits per heavy atom. The van der Waals surface area contributed by atoms with Crippen molar-refractivity contribution in [2.75, 3.05) is 0 Å². The Hall–Kier alpha value is -3.30. The van der Waals surface area contributed by atoms with Crippen molar-refractivity contribution in [1.82, 2.24) is 15.0 Å². The highest BCUT2D eigenvalue weighted by molar-refractivity contribution is 6.46. The van der Waals surface area contributed by atoms with Crippen molar-refractivity contribution in [3.05, 3.63) is 17.5 Å².